The first-order valence-electron chi connectivity index (χ1n) is 7.02. The molecule has 0 aliphatic carbocycles. The van der Waals surface area contributed by atoms with Crippen molar-refractivity contribution in [1.29, 1.82) is 0 Å². The minimum atomic E-state index is -0.591. The second kappa shape index (κ2) is 7.73. The summed E-state index contributed by atoms with van der Waals surface area (Å²) >= 11 is 11.8. The summed E-state index contributed by atoms with van der Waals surface area (Å²) < 4.78 is 5.82. The first kappa shape index (κ1) is 16.9. The molecule has 118 valence electrons. The van der Waals surface area contributed by atoms with Crippen molar-refractivity contribution < 1.29 is 9.84 Å². The van der Waals surface area contributed by atoms with Crippen molar-refractivity contribution in [2.45, 2.75) is 20.0 Å². The fourth-order valence-corrected chi connectivity index (χ4v) is 2.22. The number of hydrogen-bond donors (Lipinski definition) is 2. The van der Waals surface area contributed by atoms with Gasteiger partial charge in [0, 0.05) is 12.2 Å². The van der Waals surface area contributed by atoms with E-state index in [9.17, 15) is 5.11 Å². The number of halogens is 2. The number of benzene rings is 2. The molecular weight excluding hydrogens is 321 g/mol. The van der Waals surface area contributed by atoms with Gasteiger partial charge in [-0.25, -0.2) is 0 Å². The predicted molar refractivity (Wildman–Crippen MR) is 92.7 cm³/mol. The summed E-state index contributed by atoms with van der Waals surface area (Å²) in [7, 11) is 0. The third kappa shape index (κ3) is 4.54. The summed E-state index contributed by atoms with van der Waals surface area (Å²) in [6.45, 7) is 4.47. The maximum absolute atomic E-state index is 9.43. The number of aryl methyl sites for hydroxylation is 2. The maximum atomic E-state index is 9.43. The highest BCUT2D eigenvalue weighted by Gasteiger charge is 2.07. The van der Waals surface area contributed by atoms with E-state index in [2.05, 4.69) is 12.2 Å². The van der Waals surface area contributed by atoms with Crippen molar-refractivity contribution in [2.24, 2.45) is 0 Å². The molecule has 22 heavy (non-hydrogen) atoms. The van der Waals surface area contributed by atoms with Crippen LogP contribution in [0, 0.1) is 13.8 Å². The molecule has 0 aliphatic rings. The van der Waals surface area contributed by atoms with Crippen molar-refractivity contribution in [3.8, 4) is 11.5 Å². The SMILES string of the molecule is Cc1ccc(Oc2ccc(NCC(O)CCl)cc2Cl)cc1C. The Hall–Kier alpha value is -1.42. The third-order valence-corrected chi connectivity index (χ3v) is 4.01. The van der Waals surface area contributed by atoms with Crippen LogP contribution in [0.25, 0.3) is 0 Å². The lowest BCUT2D eigenvalue weighted by Gasteiger charge is -2.13. The van der Waals surface area contributed by atoms with Crippen LogP contribution in [0.4, 0.5) is 5.69 Å². The van der Waals surface area contributed by atoms with E-state index in [0.717, 1.165) is 11.4 Å². The first-order chi connectivity index (χ1) is 10.5. The summed E-state index contributed by atoms with van der Waals surface area (Å²) in [4.78, 5) is 0. The Morgan fingerprint density at radius 3 is 2.55 bits per heavy atom. The van der Waals surface area contributed by atoms with Gasteiger partial charge in [0.15, 0.2) is 0 Å². The van der Waals surface area contributed by atoms with Crippen LogP contribution in [-0.2, 0) is 0 Å². The Kier molecular flexibility index (Phi) is 5.95. The molecule has 2 aromatic carbocycles. The van der Waals surface area contributed by atoms with Gasteiger partial charge in [-0.15, -0.1) is 11.6 Å². The molecule has 0 amide bonds. The van der Waals surface area contributed by atoms with Gasteiger partial charge in [0.2, 0.25) is 0 Å². The molecule has 0 aromatic heterocycles. The number of ether oxygens (including phenoxy) is 1. The lowest BCUT2D eigenvalue weighted by Crippen LogP contribution is -2.20. The second-order valence-electron chi connectivity index (χ2n) is 5.18. The molecule has 1 unspecified atom stereocenters. The van der Waals surface area contributed by atoms with Crippen LogP contribution >= 0.6 is 23.2 Å². The number of hydrogen-bond acceptors (Lipinski definition) is 3. The van der Waals surface area contributed by atoms with Gasteiger partial charge in [-0.1, -0.05) is 17.7 Å². The van der Waals surface area contributed by atoms with Crippen molar-refractivity contribution in [3.05, 3.63) is 52.5 Å². The van der Waals surface area contributed by atoms with E-state index in [1.54, 1.807) is 12.1 Å². The molecular formula is C17H19Cl2NO2. The van der Waals surface area contributed by atoms with Gasteiger partial charge in [0.05, 0.1) is 17.0 Å². The zero-order valence-electron chi connectivity index (χ0n) is 12.6. The van der Waals surface area contributed by atoms with Crippen LogP contribution in [0.2, 0.25) is 5.02 Å². The standard InChI is InChI=1S/C17H19Cl2NO2/c1-11-3-5-15(7-12(11)2)22-17-6-4-13(8-16(17)19)20-10-14(21)9-18/h3-8,14,20-21H,9-10H2,1-2H3. The van der Waals surface area contributed by atoms with E-state index in [4.69, 9.17) is 27.9 Å². The van der Waals surface area contributed by atoms with Crippen molar-refractivity contribution >= 4 is 28.9 Å². The molecule has 1 atom stereocenters. The first-order valence-corrected chi connectivity index (χ1v) is 7.93. The lowest BCUT2D eigenvalue weighted by molar-refractivity contribution is 0.211. The van der Waals surface area contributed by atoms with Gasteiger partial charge in [-0.05, 0) is 55.3 Å². The van der Waals surface area contributed by atoms with E-state index in [-0.39, 0.29) is 5.88 Å². The minimum Gasteiger partial charge on any atom is -0.456 e. The Labute approximate surface area is 140 Å². The molecule has 0 saturated carbocycles. The van der Waals surface area contributed by atoms with E-state index in [1.807, 2.05) is 31.2 Å². The Balaban J connectivity index is 2.07. The van der Waals surface area contributed by atoms with E-state index in [0.29, 0.717) is 17.3 Å². The van der Waals surface area contributed by atoms with Gasteiger partial charge >= 0.3 is 0 Å². The van der Waals surface area contributed by atoms with Gasteiger partial charge < -0.3 is 15.2 Å². The van der Waals surface area contributed by atoms with Crippen molar-refractivity contribution in [3.63, 3.8) is 0 Å². The number of anilines is 1. The molecule has 0 aliphatic heterocycles. The maximum Gasteiger partial charge on any atom is 0.146 e. The molecule has 2 N–H and O–H groups in total. The van der Waals surface area contributed by atoms with E-state index < -0.39 is 6.10 Å². The molecule has 0 saturated heterocycles. The van der Waals surface area contributed by atoms with Crippen LogP contribution in [0.5, 0.6) is 11.5 Å². The molecule has 0 radical (unpaired) electrons. The highest BCUT2D eigenvalue weighted by Crippen LogP contribution is 2.32. The smallest absolute Gasteiger partial charge is 0.146 e. The van der Waals surface area contributed by atoms with Crippen LogP contribution < -0.4 is 10.1 Å². The molecule has 0 heterocycles. The summed E-state index contributed by atoms with van der Waals surface area (Å²) in [5, 5.41) is 13.0. The Morgan fingerprint density at radius 2 is 1.91 bits per heavy atom. The number of alkyl halides is 1. The molecule has 0 fully saturated rings. The molecule has 2 aromatic rings. The van der Waals surface area contributed by atoms with Crippen LogP contribution in [0.3, 0.4) is 0 Å². The second-order valence-corrected chi connectivity index (χ2v) is 5.90. The van der Waals surface area contributed by atoms with Crippen LogP contribution in [0.15, 0.2) is 36.4 Å². The van der Waals surface area contributed by atoms with Gasteiger partial charge in [0.25, 0.3) is 0 Å². The zero-order chi connectivity index (χ0) is 16.1. The van der Waals surface area contributed by atoms with E-state index in [1.165, 1.54) is 11.1 Å². The summed E-state index contributed by atoms with van der Waals surface area (Å²) in [6, 6.07) is 11.3. The molecule has 5 heteroatoms. The molecule has 0 spiro atoms. The lowest BCUT2D eigenvalue weighted by atomic mass is 10.1. The molecule has 3 nitrogen and oxygen atoms in total. The Morgan fingerprint density at radius 1 is 1.14 bits per heavy atom. The summed E-state index contributed by atoms with van der Waals surface area (Å²) in [5.74, 6) is 1.53. The molecule has 2 rings (SSSR count). The van der Waals surface area contributed by atoms with Crippen LogP contribution in [-0.4, -0.2) is 23.6 Å². The average Bonchev–Trinajstić information content (AvgIpc) is 2.51. The molecule has 0 bridgehead atoms. The summed E-state index contributed by atoms with van der Waals surface area (Å²) in [6.07, 6.45) is -0.591. The normalized spacial score (nSPS) is 12.0. The monoisotopic (exact) mass is 339 g/mol. The predicted octanol–water partition coefficient (Wildman–Crippen LogP) is 4.76. The fraction of sp³-hybridized carbons (Fsp3) is 0.294. The number of aliphatic hydroxyl groups is 1. The number of rotatable bonds is 6. The zero-order valence-corrected chi connectivity index (χ0v) is 14.1. The largest absolute Gasteiger partial charge is 0.456 e. The number of nitrogens with one attached hydrogen (secondary N) is 1. The Bertz CT molecular complexity index is 647. The average molecular weight is 340 g/mol. The van der Waals surface area contributed by atoms with Crippen molar-refractivity contribution in [1.82, 2.24) is 0 Å². The van der Waals surface area contributed by atoms with E-state index >= 15 is 0 Å². The number of aliphatic hydroxyl groups excluding tert-OH is 1. The fourth-order valence-electron chi connectivity index (χ4n) is 1.89. The topological polar surface area (TPSA) is 41.5 Å². The third-order valence-electron chi connectivity index (χ3n) is 3.36. The quantitative estimate of drug-likeness (QED) is 0.745. The van der Waals surface area contributed by atoms with Crippen LogP contribution in [0.1, 0.15) is 11.1 Å². The minimum absolute atomic E-state index is 0.189. The van der Waals surface area contributed by atoms with Crippen molar-refractivity contribution in [2.75, 3.05) is 17.7 Å². The highest BCUT2D eigenvalue weighted by molar-refractivity contribution is 6.32. The highest BCUT2D eigenvalue weighted by atomic mass is 35.5. The van der Waals surface area contributed by atoms with Gasteiger partial charge in [-0.3, -0.25) is 0 Å². The summed E-state index contributed by atoms with van der Waals surface area (Å²) in [5.41, 5.74) is 3.19. The van der Waals surface area contributed by atoms with Gasteiger partial charge in [0.1, 0.15) is 11.5 Å². The van der Waals surface area contributed by atoms with Gasteiger partial charge in [-0.2, -0.15) is 0 Å².